The quantitative estimate of drug-likeness (QED) is 0.0406. The number of hydrogen-bond donors (Lipinski definition) is 0. The molecule has 8 nitrogen and oxygen atoms in total. The Bertz CT molecular complexity index is 1860. The molecule has 0 radical (unpaired) electrons. The van der Waals surface area contributed by atoms with Crippen molar-refractivity contribution in [2.75, 3.05) is 26.4 Å². The van der Waals surface area contributed by atoms with E-state index in [0.29, 0.717) is 71.9 Å². The summed E-state index contributed by atoms with van der Waals surface area (Å²) >= 11 is 0. The molecule has 0 aliphatic carbocycles. The van der Waals surface area contributed by atoms with Gasteiger partial charge in [0.05, 0.1) is 48.3 Å². The van der Waals surface area contributed by atoms with Gasteiger partial charge in [-0.3, -0.25) is 9.59 Å². The minimum Gasteiger partial charge on any atom is -0.490 e. The normalized spacial score (nSPS) is 11.5. The second-order valence-corrected chi connectivity index (χ2v) is 18.9. The zero-order valence-electron chi connectivity index (χ0n) is 42.3. The molecule has 2 aromatic rings. The zero-order valence-corrected chi connectivity index (χ0v) is 42.3. The van der Waals surface area contributed by atoms with E-state index in [-0.39, 0.29) is 10.4 Å². The summed E-state index contributed by atoms with van der Waals surface area (Å²) in [6, 6.07) is 11.3. The van der Waals surface area contributed by atoms with E-state index < -0.39 is 11.1 Å². The van der Waals surface area contributed by atoms with E-state index in [2.05, 4.69) is 37.7 Å². The van der Waals surface area contributed by atoms with Gasteiger partial charge in [0.2, 0.25) is 0 Å². The lowest BCUT2D eigenvalue weighted by molar-refractivity contribution is 0.258. The lowest BCUT2D eigenvalue weighted by Gasteiger charge is -2.14. The molecule has 0 aromatic heterocycles. The van der Waals surface area contributed by atoms with E-state index in [1.54, 1.807) is 0 Å². The highest BCUT2D eigenvalue weighted by atomic mass is 16.5. The number of hydrogen-bond acceptors (Lipinski definition) is 8. The van der Waals surface area contributed by atoms with E-state index in [0.717, 1.165) is 51.4 Å². The fourth-order valence-electron chi connectivity index (χ4n) is 8.94. The summed E-state index contributed by atoms with van der Waals surface area (Å²) in [5, 5.41) is 0.487. The minimum atomic E-state index is -0.461. The molecule has 0 N–H and O–H groups in total. The van der Waals surface area contributed by atoms with Crippen LogP contribution in [0, 0.1) is 10.4 Å². The molecule has 2 aliphatic heterocycles. The Kier molecular flexibility index (Phi) is 28.5. The van der Waals surface area contributed by atoms with Crippen molar-refractivity contribution >= 4 is 0 Å². The molecule has 0 amide bonds. The molecular weight excluding hydrogens is 821 g/mol. The van der Waals surface area contributed by atoms with Gasteiger partial charge in [-0.1, -0.05) is 207 Å². The number of aromatic nitrogens is 2. The molecule has 0 atom stereocenters. The maximum atomic E-state index is 13.8. The second kappa shape index (κ2) is 34.4. The number of rotatable bonds is 42. The first kappa shape index (κ1) is 54.7. The van der Waals surface area contributed by atoms with Crippen LogP contribution in [0.1, 0.15) is 233 Å². The fourth-order valence-corrected chi connectivity index (χ4v) is 8.94. The summed E-state index contributed by atoms with van der Waals surface area (Å²) in [5.74, 6) is 2.59. The Labute approximate surface area is 400 Å². The van der Waals surface area contributed by atoms with E-state index >= 15 is 0 Å². The topological polar surface area (TPSA) is 96.8 Å². The molecule has 368 valence electrons. The number of unbranched alkanes of at least 4 members (excludes halogenated alkanes) is 28. The molecule has 0 unspecified atom stereocenters. The van der Waals surface area contributed by atoms with Gasteiger partial charge < -0.3 is 18.9 Å². The molecule has 4 rings (SSSR count). The minimum absolute atomic E-state index is 0.244. The first-order valence-corrected chi connectivity index (χ1v) is 27.3. The summed E-state index contributed by atoms with van der Waals surface area (Å²) in [7, 11) is 0. The predicted octanol–water partition coefficient (Wildman–Crippen LogP) is 16.2. The Balaban J connectivity index is 1.51. The Morgan fingerprint density at radius 3 is 0.833 bits per heavy atom. The molecule has 0 bridgehead atoms. The number of nitrogens with zero attached hydrogens (tertiary/aromatic N) is 2. The van der Waals surface area contributed by atoms with Crippen LogP contribution >= 0.6 is 0 Å². The van der Waals surface area contributed by atoms with Crippen molar-refractivity contribution in [3.8, 4) is 45.5 Å². The van der Waals surface area contributed by atoms with Gasteiger partial charge in [0.1, 0.15) is 0 Å². The molecule has 2 heterocycles. The smallest absolute Gasteiger partial charge is 0.280 e. The van der Waals surface area contributed by atoms with Crippen LogP contribution in [0.25, 0.3) is 22.5 Å². The first-order valence-electron chi connectivity index (χ1n) is 27.3. The van der Waals surface area contributed by atoms with Gasteiger partial charge in [0.25, 0.3) is 11.1 Å². The number of ether oxygens (including phenoxy) is 4. The summed E-state index contributed by atoms with van der Waals surface area (Å²) in [6.07, 6.45) is 39.1. The summed E-state index contributed by atoms with van der Waals surface area (Å²) in [6.45, 7) is 11.4. The Morgan fingerprint density at radius 2 is 0.561 bits per heavy atom. The van der Waals surface area contributed by atoms with Crippen molar-refractivity contribution < 1.29 is 18.9 Å². The van der Waals surface area contributed by atoms with Gasteiger partial charge in [0, 0.05) is 11.1 Å². The monoisotopic (exact) mass is 911 g/mol. The summed E-state index contributed by atoms with van der Waals surface area (Å²) in [4.78, 5) is 36.6. The fraction of sp³-hybridized carbons (Fsp3) is 0.690. The third-order valence-corrected chi connectivity index (χ3v) is 13.0. The third kappa shape index (κ3) is 20.1. The molecule has 66 heavy (non-hydrogen) atoms. The van der Waals surface area contributed by atoms with E-state index in [4.69, 9.17) is 18.9 Å². The lowest BCUT2D eigenvalue weighted by atomic mass is 10.1. The van der Waals surface area contributed by atoms with Crippen molar-refractivity contribution in [2.45, 2.75) is 233 Å². The van der Waals surface area contributed by atoms with Crippen LogP contribution in [0.15, 0.2) is 46.0 Å². The van der Waals surface area contributed by atoms with Crippen LogP contribution in [0.3, 0.4) is 0 Å². The van der Waals surface area contributed by atoms with Gasteiger partial charge in [-0.2, -0.15) is 0 Å². The maximum absolute atomic E-state index is 13.8. The lowest BCUT2D eigenvalue weighted by Crippen LogP contribution is -2.06. The van der Waals surface area contributed by atoms with Crippen molar-refractivity contribution in [3.63, 3.8) is 0 Å². The van der Waals surface area contributed by atoms with E-state index in [1.807, 2.05) is 36.4 Å². The SMILES string of the molecule is CCCCCCCCCCOc1ccc(-c2nc(=O)c3c(-c4ccc(OCCCCCCCCCC)c(OCCCCCCCCCC)c4)nc(=O)c2=3)cc1OCCCCCCCCCC. The molecule has 0 spiro atoms. The Hall–Kier alpha value is -3.94. The highest BCUT2D eigenvalue weighted by Gasteiger charge is 2.22. The second-order valence-electron chi connectivity index (χ2n) is 18.9. The molecule has 2 aromatic carbocycles. The molecule has 2 aliphatic rings. The van der Waals surface area contributed by atoms with Crippen molar-refractivity contribution in [1.82, 2.24) is 9.97 Å². The highest BCUT2D eigenvalue weighted by Crippen LogP contribution is 2.36. The van der Waals surface area contributed by atoms with E-state index in [1.165, 1.54) is 154 Å². The van der Waals surface area contributed by atoms with Crippen molar-refractivity contribution in [1.29, 1.82) is 0 Å². The van der Waals surface area contributed by atoms with Gasteiger partial charge in [0.15, 0.2) is 23.0 Å². The third-order valence-electron chi connectivity index (χ3n) is 13.0. The van der Waals surface area contributed by atoms with Crippen LogP contribution in [0.5, 0.6) is 23.0 Å². The molecule has 0 saturated heterocycles. The summed E-state index contributed by atoms with van der Waals surface area (Å²) in [5.41, 5.74) is 1.03. The molecular formula is C58H90N2O6. The van der Waals surface area contributed by atoms with Crippen LogP contribution < -0.4 is 30.1 Å². The van der Waals surface area contributed by atoms with E-state index in [9.17, 15) is 9.59 Å². The average Bonchev–Trinajstić information content (AvgIpc) is 3.86. The van der Waals surface area contributed by atoms with Gasteiger partial charge in [-0.25, -0.2) is 9.97 Å². The average molecular weight is 911 g/mol. The summed E-state index contributed by atoms with van der Waals surface area (Å²) < 4.78 is 25.5. The van der Waals surface area contributed by atoms with Gasteiger partial charge in [-0.05, 0) is 62.1 Å². The maximum Gasteiger partial charge on any atom is 0.280 e. The van der Waals surface area contributed by atoms with Crippen molar-refractivity contribution in [3.05, 3.63) is 67.5 Å². The zero-order chi connectivity index (χ0) is 46.9. The van der Waals surface area contributed by atoms with Gasteiger partial charge >= 0.3 is 0 Å². The van der Waals surface area contributed by atoms with Crippen LogP contribution in [0.2, 0.25) is 0 Å². The van der Waals surface area contributed by atoms with Crippen LogP contribution in [-0.2, 0) is 0 Å². The first-order chi connectivity index (χ1) is 32.5. The highest BCUT2D eigenvalue weighted by molar-refractivity contribution is 5.70. The predicted molar refractivity (Wildman–Crippen MR) is 276 cm³/mol. The molecule has 0 fully saturated rings. The van der Waals surface area contributed by atoms with Crippen LogP contribution in [-0.4, -0.2) is 36.4 Å². The number of benzene rings is 2. The standard InChI is InChI=1S/C58H90N2O6/c1-5-9-13-17-21-25-29-33-41-63-49-39-37-47(45-51(49)65-43-35-31-27-23-19-15-11-7-3)55-53-54(58(62)59-55)56(60-57(53)61)48-38-40-50(64-42-34-30-26-22-18-14-10-6-2)52(46-48)66-44-36-32-28-24-20-16-12-8-4/h37-40,45-46H,5-36,41-44H2,1-4H3. The van der Waals surface area contributed by atoms with Gasteiger partial charge in [-0.15, -0.1) is 0 Å². The Morgan fingerprint density at radius 1 is 0.318 bits per heavy atom. The molecule has 0 saturated carbocycles. The van der Waals surface area contributed by atoms with Crippen LogP contribution in [0.4, 0.5) is 0 Å². The van der Waals surface area contributed by atoms with Crippen molar-refractivity contribution in [2.24, 2.45) is 0 Å². The molecule has 8 heteroatoms. The largest absolute Gasteiger partial charge is 0.490 e.